The zero-order valence-corrected chi connectivity index (χ0v) is 15.1. The Balaban J connectivity index is 3.13. The molecule has 0 amide bonds. The van der Waals surface area contributed by atoms with Gasteiger partial charge in [-0.2, -0.15) is 0 Å². The third-order valence-corrected chi connectivity index (χ3v) is 4.23. The third kappa shape index (κ3) is 4.79. The van der Waals surface area contributed by atoms with E-state index in [-0.39, 0.29) is 28.8 Å². The number of ketones is 2. The van der Waals surface area contributed by atoms with Gasteiger partial charge in [0.15, 0.2) is 0 Å². The van der Waals surface area contributed by atoms with Gasteiger partial charge in [-0.3, -0.25) is 9.59 Å². The monoisotopic (exact) mass is 302 g/mol. The third-order valence-electron chi connectivity index (χ3n) is 4.23. The van der Waals surface area contributed by atoms with Gasteiger partial charge in [0.05, 0.1) is 0 Å². The summed E-state index contributed by atoms with van der Waals surface area (Å²) < 4.78 is 0. The maximum Gasteiger partial charge on any atom is 0.141 e. The Kier molecular flexibility index (Phi) is 5.72. The first-order valence-corrected chi connectivity index (χ1v) is 8.07. The molecule has 1 aromatic carbocycles. The van der Waals surface area contributed by atoms with Crippen LogP contribution in [0.15, 0.2) is 30.3 Å². The zero-order chi connectivity index (χ0) is 17.1. The van der Waals surface area contributed by atoms with Crippen molar-refractivity contribution in [1.82, 2.24) is 0 Å². The van der Waals surface area contributed by atoms with Crippen molar-refractivity contribution in [2.24, 2.45) is 16.7 Å². The Morgan fingerprint density at radius 1 is 0.909 bits per heavy atom. The minimum atomic E-state index is -0.392. The highest BCUT2D eigenvalue weighted by atomic mass is 16.1. The molecule has 0 radical (unpaired) electrons. The van der Waals surface area contributed by atoms with Crippen LogP contribution in [0.1, 0.15) is 66.4 Å². The summed E-state index contributed by atoms with van der Waals surface area (Å²) >= 11 is 0. The average molecular weight is 302 g/mol. The highest BCUT2D eigenvalue weighted by molar-refractivity contribution is 5.89. The van der Waals surface area contributed by atoms with E-state index in [0.29, 0.717) is 6.42 Å². The van der Waals surface area contributed by atoms with Gasteiger partial charge in [-0.25, -0.2) is 0 Å². The zero-order valence-electron chi connectivity index (χ0n) is 15.1. The largest absolute Gasteiger partial charge is 0.299 e. The lowest BCUT2D eigenvalue weighted by Gasteiger charge is -2.30. The highest BCUT2D eigenvalue weighted by Crippen LogP contribution is 2.35. The molecule has 0 unspecified atom stereocenters. The maximum atomic E-state index is 12.7. The van der Waals surface area contributed by atoms with Crippen molar-refractivity contribution in [3.05, 3.63) is 35.9 Å². The van der Waals surface area contributed by atoms with Crippen LogP contribution in [0, 0.1) is 16.7 Å². The van der Waals surface area contributed by atoms with Gasteiger partial charge in [-0.15, -0.1) is 0 Å². The van der Waals surface area contributed by atoms with Crippen LogP contribution in [-0.4, -0.2) is 11.6 Å². The number of carbonyl (C=O) groups is 2. The summed E-state index contributed by atoms with van der Waals surface area (Å²) in [7, 11) is 0. The minimum Gasteiger partial charge on any atom is -0.299 e. The predicted molar refractivity (Wildman–Crippen MR) is 91.9 cm³/mol. The van der Waals surface area contributed by atoms with Crippen LogP contribution in [0.25, 0.3) is 0 Å². The molecule has 2 nitrogen and oxygen atoms in total. The summed E-state index contributed by atoms with van der Waals surface area (Å²) in [6.45, 7) is 13.6. The fourth-order valence-corrected chi connectivity index (χ4v) is 2.66. The molecular weight excluding hydrogens is 272 g/mol. The van der Waals surface area contributed by atoms with E-state index in [1.165, 1.54) is 0 Å². The molecule has 0 aromatic heterocycles. The van der Waals surface area contributed by atoms with E-state index < -0.39 is 5.41 Å². The summed E-state index contributed by atoms with van der Waals surface area (Å²) in [5.74, 6) is 0.186. The Morgan fingerprint density at radius 3 is 1.82 bits per heavy atom. The van der Waals surface area contributed by atoms with Gasteiger partial charge in [0.25, 0.3) is 0 Å². The van der Waals surface area contributed by atoms with E-state index in [0.717, 1.165) is 5.56 Å². The molecule has 0 saturated heterocycles. The summed E-state index contributed by atoms with van der Waals surface area (Å²) in [6, 6.07) is 9.94. The van der Waals surface area contributed by atoms with Crippen molar-refractivity contribution in [2.75, 3.05) is 0 Å². The quantitative estimate of drug-likeness (QED) is 0.764. The van der Waals surface area contributed by atoms with Gasteiger partial charge in [0.2, 0.25) is 0 Å². The molecule has 1 aromatic rings. The fourth-order valence-electron chi connectivity index (χ4n) is 2.66. The smallest absolute Gasteiger partial charge is 0.141 e. The lowest BCUT2D eigenvalue weighted by molar-refractivity contribution is -0.132. The van der Waals surface area contributed by atoms with Crippen LogP contribution in [0.3, 0.4) is 0 Å². The van der Waals surface area contributed by atoms with E-state index in [1.54, 1.807) is 0 Å². The van der Waals surface area contributed by atoms with E-state index >= 15 is 0 Å². The van der Waals surface area contributed by atoms with Crippen molar-refractivity contribution in [2.45, 2.75) is 60.8 Å². The molecule has 0 fully saturated rings. The first-order valence-electron chi connectivity index (χ1n) is 8.07. The van der Waals surface area contributed by atoms with E-state index in [2.05, 4.69) is 0 Å². The molecule has 1 rings (SSSR count). The maximum absolute atomic E-state index is 12.7. The fraction of sp³-hybridized carbons (Fsp3) is 0.600. The number of Topliss-reactive ketones (excluding diaryl/α,β-unsaturated/α-hetero) is 2. The normalized spacial score (nSPS) is 15.2. The van der Waals surface area contributed by atoms with Crippen LogP contribution in [0.2, 0.25) is 0 Å². The molecule has 0 aliphatic carbocycles. The molecule has 0 spiro atoms. The van der Waals surface area contributed by atoms with Crippen molar-refractivity contribution in [3.8, 4) is 0 Å². The summed E-state index contributed by atoms with van der Waals surface area (Å²) in [4.78, 5) is 25.2. The van der Waals surface area contributed by atoms with Gasteiger partial charge in [-0.05, 0) is 5.56 Å². The Morgan fingerprint density at radius 2 is 1.41 bits per heavy atom. The molecule has 22 heavy (non-hydrogen) atoms. The van der Waals surface area contributed by atoms with Gasteiger partial charge in [-0.1, -0.05) is 78.8 Å². The SMILES string of the molecule is C[C@@H](C(=O)C(C)(C)C)[C@H](CC(=O)C(C)(C)C)c1ccccc1. The molecule has 0 bridgehead atoms. The molecule has 2 heteroatoms. The van der Waals surface area contributed by atoms with Crippen LogP contribution >= 0.6 is 0 Å². The average Bonchev–Trinajstić information content (AvgIpc) is 2.41. The second-order valence-corrected chi connectivity index (χ2v) is 8.30. The van der Waals surface area contributed by atoms with Crippen LogP contribution in [0.4, 0.5) is 0 Å². The standard InChI is InChI=1S/C20H30O2/c1-14(18(22)20(5,6)7)16(13-17(21)19(2,3)4)15-11-9-8-10-12-15/h8-12,14,16H,13H2,1-7H3/t14-,16+/m1/s1. The van der Waals surface area contributed by atoms with Crippen molar-refractivity contribution >= 4 is 11.6 Å². The first kappa shape index (κ1) is 18.6. The van der Waals surface area contributed by atoms with E-state index in [9.17, 15) is 9.59 Å². The second kappa shape index (κ2) is 6.76. The highest BCUT2D eigenvalue weighted by Gasteiger charge is 2.35. The van der Waals surface area contributed by atoms with Crippen LogP contribution in [0.5, 0.6) is 0 Å². The number of hydrogen-bond acceptors (Lipinski definition) is 2. The number of hydrogen-bond donors (Lipinski definition) is 0. The number of benzene rings is 1. The molecule has 0 N–H and O–H groups in total. The molecule has 0 aliphatic rings. The second-order valence-electron chi connectivity index (χ2n) is 8.30. The Hall–Kier alpha value is -1.44. The van der Waals surface area contributed by atoms with Crippen molar-refractivity contribution in [1.29, 1.82) is 0 Å². The lowest BCUT2D eigenvalue weighted by Crippen LogP contribution is -2.33. The predicted octanol–water partition coefficient (Wildman–Crippen LogP) is 5.03. The minimum absolute atomic E-state index is 0.0559. The Bertz CT molecular complexity index is 515. The van der Waals surface area contributed by atoms with Gasteiger partial charge >= 0.3 is 0 Å². The van der Waals surface area contributed by atoms with Gasteiger partial charge in [0, 0.05) is 29.1 Å². The van der Waals surface area contributed by atoms with E-state index in [1.807, 2.05) is 78.8 Å². The topological polar surface area (TPSA) is 34.1 Å². The molecule has 0 heterocycles. The van der Waals surface area contributed by atoms with Crippen LogP contribution in [-0.2, 0) is 9.59 Å². The Labute approximate surface area is 135 Å². The van der Waals surface area contributed by atoms with Crippen LogP contribution < -0.4 is 0 Å². The van der Waals surface area contributed by atoms with Crippen molar-refractivity contribution < 1.29 is 9.59 Å². The molecular formula is C20H30O2. The van der Waals surface area contributed by atoms with Crippen molar-refractivity contribution in [3.63, 3.8) is 0 Å². The summed E-state index contributed by atoms with van der Waals surface area (Å²) in [5.41, 5.74) is 0.305. The molecule has 0 aliphatic heterocycles. The van der Waals surface area contributed by atoms with E-state index in [4.69, 9.17) is 0 Å². The van der Waals surface area contributed by atoms with Gasteiger partial charge in [0.1, 0.15) is 11.6 Å². The summed E-state index contributed by atoms with van der Waals surface area (Å²) in [5, 5.41) is 0. The number of carbonyl (C=O) groups excluding carboxylic acids is 2. The molecule has 0 saturated carbocycles. The first-order chi connectivity index (χ1) is 9.94. The molecule has 122 valence electrons. The van der Waals surface area contributed by atoms with Gasteiger partial charge < -0.3 is 0 Å². The lowest BCUT2D eigenvalue weighted by atomic mass is 9.72. The molecule has 2 atom stereocenters. The summed E-state index contributed by atoms with van der Waals surface area (Å²) in [6.07, 6.45) is 0.413. The number of rotatable bonds is 5.